The number of methoxy groups -OCH3 is 1. The standard InChI is InChI=1S/C29H30O8.C28H27N3O5/c1-5-29(2,3)28(32)35-19-18-34-23-10-6-20(7-11-23)26(30)36-24-12-8-21(9-13-24)27(31)37-25-16-14-22(33-4)15-17-25;1-4-28(2,3)27(33)35-18-17-34-24-13-7-21(8-14-24)26(32)36-25-15-11-23(12-16-25)31-30-22-9-5-20(19-29)6-10-22/h6-17H,5,18-19H2,1-4H3;5-16H,4,17-18H2,1-3H3. The minimum atomic E-state index is -0.559. The first-order chi connectivity index (χ1) is 35.0. The third kappa shape index (κ3) is 17.5. The van der Waals surface area contributed by atoms with Crippen LogP contribution in [0.4, 0.5) is 11.4 Å². The van der Waals surface area contributed by atoms with Crippen molar-refractivity contribution < 1.29 is 61.9 Å². The second-order valence-electron chi connectivity index (χ2n) is 17.2. The molecule has 0 heterocycles. The molecule has 0 radical (unpaired) electrons. The van der Waals surface area contributed by atoms with Gasteiger partial charge >= 0.3 is 29.8 Å². The number of esters is 5. The molecule has 73 heavy (non-hydrogen) atoms. The van der Waals surface area contributed by atoms with Crippen molar-refractivity contribution in [1.29, 1.82) is 5.26 Å². The molecule has 0 atom stereocenters. The Bertz CT molecular complexity index is 2840. The van der Waals surface area contributed by atoms with Crippen LogP contribution in [0.5, 0.6) is 34.5 Å². The van der Waals surface area contributed by atoms with E-state index in [2.05, 4.69) is 10.2 Å². The molecule has 0 aliphatic carbocycles. The molecule has 16 nitrogen and oxygen atoms in total. The van der Waals surface area contributed by atoms with Crippen LogP contribution in [0.3, 0.4) is 0 Å². The number of nitrogens with zero attached hydrogens (tertiary/aromatic N) is 3. The molecular weight excluding hydrogens is 935 g/mol. The van der Waals surface area contributed by atoms with Crippen molar-refractivity contribution in [3.8, 4) is 40.6 Å². The maximum atomic E-state index is 12.5. The molecule has 0 saturated heterocycles. The smallest absolute Gasteiger partial charge is 0.343 e. The van der Waals surface area contributed by atoms with E-state index in [0.29, 0.717) is 75.2 Å². The van der Waals surface area contributed by atoms with E-state index >= 15 is 0 Å². The molecule has 0 fully saturated rings. The zero-order valence-corrected chi connectivity index (χ0v) is 41.7. The highest BCUT2D eigenvalue weighted by atomic mass is 16.6. The zero-order valence-electron chi connectivity index (χ0n) is 41.7. The highest BCUT2D eigenvalue weighted by Crippen LogP contribution is 2.26. The second kappa shape index (κ2) is 26.9. The van der Waals surface area contributed by atoms with Gasteiger partial charge in [0.05, 0.1) is 57.6 Å². The van der Waals surface area contributed by atoms with Crippen molar-refractivity contribution in [2.24, 2.45) is 21.1 Å². The van der Waals surface area contributed by atoms with E-state index < -0.39 is 28.7 Å². The Morgan fingerprint density at radius 3 is 1.07 bits per heavy atom. The molecule has 0 spiro atoms. The van der Waals surface area contributed by atoms with Gasteiger partial charge < -0.3 is 37.9 Å². The van der Waals surface area contributed by atoms with Crippen LogP contribution >= 0.6 is 0 Å². The molecule has 0 saturated carbocycles. The predicted octanol–water partition coefficient (Wildman–Crippen LogP) is 12.0. The van der Waals surface area contributed by atoms with Crippen molar-refractivity contribution in [1.82, 2.24) is 0 Å². The SMILES string of the molecule is CCC(C)(C)C(=O)OCCOc1ccc(C(=O)Oc2ccc(C(=O)Oc3ccc(OC)cc3)cc2)cc1.CCC(C)(C)C(=O)OCCOc1ccc(C(=O)Oc2ccc(N=Nc3ccc(C#N)cc3)cc2)cc1. The van der Waals surface area contributed by atoms with E-state index in [9.17, 15) is 24.0 Å². The van der Waals surface area contributed by atoms with Gasteiger partial charge in [-0.2, -0.15) is 15.5 Å². The number of azo groups is 1. The third-order valence-corrected chi connectivity index (χ3v) is 11.1. The van der Waals surface area contributed by atoms with E-state index in [-0.39, 0.29) is 44.1 Å². The number of ether oxygens (including phenoxy) is 8. The maximum absolute atomic E-state index is 12.5. The molecule has 0 aromatic heterocycles. The molecule has 0 bridgehead atoms. The Morgan fingerprint density at radius 1 is 0.438 bits per heavy atom. The first-order valence-electron chi connectivity index (χ1n) is 23.2. The fourth-order valence-corrected chi connectivity index (χ4v) is 5.74. The van der Waals surface area contributed by atoms with Crippen molar-refractivity contribution in [2.75, 3.05) is 33.5 Å². The molecule has 0 aliphatic rings. The van der Waals surface area contributed by atoms with E-state index in [1.807, 2.05) is 47.6 Å². The monoisotopic (exact) mass is 991 g/mol. The molecular formula is C57H57N3O13. The molecule has 0 amide bonds. The van der Waals surface area contributed by atoms with E-state index in [1.54, 1.807) is 128 Å². The summed E-state index contributed by atoms with van der Waals surface area (Å²) >= 11 is 0. The Hall–Kier alpha value is -8.84. The zero-order chi connectivity index (χ0) is 52.8. The summed E-state index contributed by atoms with van der Waals surface area (Å²) in [6, 6.07) is 41.0. The number of hydrogen-bond donors (Lipinski definition) is 0. The summed E-state index contributed by atoms with van der Waals surface area (Å²) in [4.78, 5) is 61.2. The molecule has 0 unspecified atom stereocenters. The number of hydrogen-bond acceptors (Lipinski definition) is 16. The lowest BCUT2D eigenvalue weighted by Gasteiger charge is -2.20. The average Bonchev–Trinajstić information content (AvgIpc) is 3.41. The van der Waals surface area contributed by atoms with Gasteiger partial charge in [-0.3, -0.25) is 9.59 Å². The van der Waals surface area contributed by atoms with Gasteiger partial charge in [0.1, 0.15) is 60.9 Å². The average molecular weight is 992 g/mol. The Kier molecular flexibility index (Phi) is 20.3. The number of nitriles is 1. The first-order valence-corrected chi connectivity index (χ1v) is 23.2. The highest BCUT2D eigenvalue weighted by Gasteiger charge is 2.28. The quantitative estimate of drug-likeness (QED) is 0.0284. The van der Waals surface area contributed by atoms with Gasteiger partial charge in [-0.1, -0.05) is 13.8 Å². The number of carbonyl (C=O) groups excluding carboxylic acids is 5. The summed E-state index contributed by atoms with van der Waals surface area (Å²) < 4.78 is 42.8. The van der Waals surface area contributed by atoms with Crippen molar-refractivity contribution >= 4 is 41.2 Å². The van der Waals surface area contributed by atoms with Crippen LogP contribution in [0.1, 0.15) is 91.0 Å². The fourth-order valence-electron chi connectivity index (χ4n) is 5.74. The van der Waals surface area contributed by atoms with Crippen LogP contribution in [0.25, 0.3) is 0 Å². The van der Waals surface area contributed by atoms with Gasteiger partial charge in [-0.25, -0.2) is 14.4 Å². The van der Waals surface area contributed by atoms with Crippen molar-refractivity contribution in [2.45, 2.75) is 54.4 Å². The Labute approximate surface area is 424 Å². The molecule has 6 aromatic carbocycles. The minimum absolute atomic E-state index is 0.135. The molecule has 0 N–H and O–H groups in total. The Morgan fingerprint density at radius 2 is 0.740 bits per heavy atom. The highest BCUT2D eigenvalue weighted by molar-refractivity contribution is 5.93. The number of benzene rings is 6. The molecule has 16 heteroatoms. The lowest BCUT2D eigenvalue weighted by molar-refractivity contribution is -0.155. The molecule has 378 valence electrons. The third-order valence-electron chi connectivity index (χ3n) is 11.1. The van der Waals surface area contributed by atoms with Crippen LogP contribution < -0.4 is 28.4 Å². The summed E-state index contributed by atoms with van der Waals surface area (Å²) in [5.41, 5.74) is 1.72. The van der Waals surface area contributed by atoms with Gasteiger partial charge in [0.15, 0.2) is 0 Å². The maximum Gasteiger partial charge on any atom is 0.343 e. The van der Waals surface area contributed by atoms with Crippen molar-refractivity contribution in [3.63, 3.8) is 0 Å². The van der Waals surface area contributed by atoms with Gasteiger partial charge in [0.2, 0.25) is 0 Å². The predicted molar refractivity (Wildman–Crippen MR) is 270 cm³/mol. The lowest BCUT2D eigenvalue weighted by atomic mass is 9.91. The minimum Gasteiger partial charge on any atom is -0.497 e. The van der Waals surface area contributed by atoms with E-state index in [4.69, 9.17) is 43.2 Å². The normalized spacial score (nSPS) is 10.9. The largest absolute Gasteiger partial charge is 0.497 e. The number of rotatable bonds is 21. The fraction of sp³-hybridized carbons (Fsp3) is 0.263. The summed E-state index contributed by atoms with van der Waals surface area (Å²) in [5.74, 6) is 0.641. The van der Waals surface area contributed by atoms with Crippen LogP contribution in [0.15, 0.2) is 156 Å². The molecule has 0 aliphatic heterocycles. The van der Waals surface area contributed by atoms with E-state index in [0.717, 1.165) is 0 Å². The van der Waals surface area contributed by atoms with Gasteiger partial charge in [0, 0.05) is 0 Å². The van der Waals surface area contributed by atoms with Crippen molar-refractivity contribution in [3.05, 3.63) is 168 Å². The lowest BCUT2D eigenvalue weighted by Crippen LogP contribution is -2.27. The summed E-state index contributed by atoms with van der Waals surface area (Å²) in [7, 11) is 1.55. The number of carbonyl (C=O) groups is 5. The van der Waals surface area contributed by atoms with Crippen LogP contribution in [-0.4, -0.2) is 63.4 Å². The van der Waals surface area contributed by atoms with Gasteiger partial charge in [0.25, 0.3) is 0 Å². The summed E-state index contributed by atoms with van der Waals surface area (Å²) in [6.07, 6.45) is 1.38. The van der Waals surface area contributed by atoms with Crippen LogP contribution in [-0.2, 0) is 19.1 Å². The van der Waals surface area contributed by atoms with Gasteiger partial charge in [-0.05, 0) is 186 Å². The molecule has 6 rings (SSSR count). The first kappa shape index (κ1) is 55.1. The van der Waals surface area contributed by atoms with Crippen LogP contribution in [0.2, 0.25) is 0 Å². The second-order valence-corrected chi connectivity index (χ2v) is 17.2. The van der Waals surface area contributed by atoms with Crippen LogP contribution in [0, 0.1) is 22.2 Å². The summed E-state index contributed by atoms with van der Waals surface area (Å²) in [5, 5.41) is 17.1. The summed E-state index contributed by atoms with van der Waals surface area (Å²) in [6.45, 7) is 11.9. The van der Waals surface area contributed by atoms with E-state index in [1.165, 1.54) is 24.3 Å². The van der Waals surface area contributed by atoms with Gasteiger partial charge in [-0.15, -0.1) is 0 Å². The topological polar surface area (TPSA) is 208 Å². The molecule has 6 aromatic rings. The Balaban J connectivity index is 0.000000271.